The molecule has 0 aliphatic rings. The van der Waals surface area contributed by atoms with Crippen molar-refractivity contribution in [2.75, 3.05) is 0 Å². The van der Waals surface area contributed by atoms with Gasteiger partial charge < -0.3 is 12.9 Å². The molecule has 2 nitrogen and oxygen atoms in total. The van der Waals surface area contributed by atoms with E-state index in [0.717, 1.165) is 12.1 Å². The summed E-state index contributed by atoms with van der Waals surface area (Å²) in [6, 6.07) is 3.58. The van der Waals surface area contributed by atoms with Crippen molar-refractivity contribution in [3.63, 3.8) is 0 Å². The number of hydrogen-bond donors (Lipinski definition) is 0. The summed E-state index contributed by atoms with van der Waals surface area (Å²) in [5.41, 5.74) is 0.00167. The van der Waals surface area contributed by atoms with Gasteiger partial charge >= 0.3 is 58.4 Å². The number of aromatic nitrogens is 2. The average molecular weight is 238 g/mol. The summed E-state index contributed by atoms with van der Waals surface area (Å²) >= 11 is 0. The van der Waals surface area contributed by atoms with Crippen LogP contribution in [0, 0.1) is 0 Å². The van der Waals surface area contributed by atoms with E-state index in [4.69, 9.17) is 0 Å². The van der Waals surface area contributed by atoms with Crippen molar-refractivity contribution in [1.29, 1.82) is 0 Å². The first kappa shape index (κ1) is 13.2. The Labute approximate surface area is 127 Å². The molecule has 0 radical (unpaired) electrons. The Bertz CT molecular complexity index is 480. The van der Waals surface area contributed by atoms with Gasteiger partial charge in [-0.3, -0.25) is 4.68 Å². The summed E-state index contributed by atoms with van der Waals surface area (Å²) in [7, 11) is 1.68. The second-order valence-electron chi connectivity index (χ2n) is 3.20. The molecule has 0 unspecified atom stereocenters. The number of benzene rings is 1. The van der Waals surface area contributed by atoms with Crippen LogP contribution in [0.25, 0.3) is 10.9 Å². The molecule has 1 aromatic heterocycles. The first-order chi connectivity index (χ1) is 6.47. The van der Waals surface area contributed by atoms with Crippen LogP contribution < -0.4 is 56.8 Å². The maximum atomic E-state index is 12.4. The van der Waals surface area contributed by atoms with Crippen molar-refractivity contribution in [3.8, 4) is 0 Å². The zero-order chi connectivity index (χ0) is 10.3. The van der Waals surface area contributed by atoms with Gasteiger partial charge in [-0.15, -0.1) is 5.46 Å². The first-order valence-corrected chi connectivity index (χ1v) is 4.10. The minimum absolute atomic E-state index is 0. The first-order valence-electron chi connectivity index (χ1n) is 4.10. The Balaban J connectivity index is 0.00000112. The van der Waals surface area contributed by atoms with E-state index in [1.807, 2.05) is 0 Å². The van der Waals surface area contributed by atoms with Crippen molar-refractivity contribution >= 4 is 23.3 Å². The van der Waals surface area contributed by atoms with E-state index in [1.165, 1.54) is 10.7 Å². The van der Waals surface area contributed by atoms with Gasteiger partial charge in [0.05, 0.1) is 5.52 Å². The van der Waals surface area contributed by atoms with Crippen LogP contribution in [0.4, 0.5) is 12.9 Å². The maximum absolute atomic E-state index is 12.4. The number of halogens is 3. The summed E-state index contributed by atoms with van der Waals surface area (Å²) in [4.78, 5) is 0. The van der Waals surface area contributed by atoms with E-state index in [1.54, 1.807) is 13.2 Å². The Kier molecular flexibility index (Phi) is 4.05. The number of aryl methyl sites for hydroxylation is 1. The van der Waals surface area contributed by atoms with Crippen LogP contribution in [-0.2, 0) is 7.05 Å². The summed E-state index contributed by atoms with van der Waals surface area (Å²) in [5, 5.41) is 4.51. The van der Waals surface area contributed by atoms with Crippen LogP contribution in [0.3, 0.4) is 0 Å². The molecule has 0 bridgehead atoms. The molecule has 1 aromatic carbocycles. The van der Waals surface area contributed by atoms with Gasteiger partial charge in [0.25, 0.3) is 0 Å². The number of hydrogen-bond acceptors (Lipinski definition) is 1. The van der Waals surface area contributed by atoms with Crippen LogP contribution in [0.5, 0.6) is 0 Å². The Morgan fingerprint density at radius 2 is 1.93 bits per heavy atom. The van der Waals surface area contributed by atoms with Gasteiger partial charge in [-0.2, -0.15) is 5.10 Å². The second-order valence-corrected chi connectivity index (χ2v) is 3.20. The van der Waals surface area contributed by atoms with Crippen molar-refractivity contribution < 1.29 is 64.3 Å². The molecule has 74 valence electrons. The molecular weight excluding hydrogens is 231 g/mol. The van der Waals surface area contributed by atoms with E-state index >= 15 is 0 Å². The van der Waals surface area contributed by atoms with Gasteiger partial charge in [-0.1, -0.05) is 12.1 Å². The van der Waals surface area contributed by atoms with E-state index < -0.39 is 12.4 Å². The molecule has 0 atom stereocenters. The Morgan fingerprint density at radius 3 is 2.53 bits per heavy atom. The summed E-state index contributed by atoms with van der Waals surface area (Å²) < 4.78 is 38.6. The fraction of sp³-hybridized carbons (Fsp3) is 0.125. The maximum Gasteiger partial charge on any atom is 1.00 e. The predicted octanol–water partition coefficient (Wildman–Crippen LogP) is -1.37. The number of nitrogens with zero attached hydrogens (tertiary/aromatic N) is 2. The molecular formula is C8H7BF3KN2. The molecule has 7 heteroatoms. The molecule has 2 rings (SSSR count). The fourth-order valence-electron chi connectivity index (χ4n) is 1.37. The van der Waals surface area contributed by atoms with E-state index in [9.17, 15) is 12.9 Å². The Hall–Kier alpha value is 0.181. The van der Waals surface area contributed by atoms with Crippen molar-refractivity contribution in [2.45, 2.75) is 0 Å². The molecule has 1 heterocycles. The van der Waals surface area contributed by atoms with Crippen LogP contribution in [0.2, 0.25) is 0 Å². The summed E-state index contributed by atoms with van der Waals surface area (Å²) in [6.45, 7) is -4.91. The van der Waals surface area contributed by atoms with Gasteiger partial charge in [-0.05, 0) is 6.07 Å². The Morgan fingerprint density at radius 1 is 1.27 bits per heavy atom. The molecule has 0 saturated heterocycles. The summed E-state index contributed by atoms with van der Waals surface area (Å²) in [5.74, 6) is 0. The quantitative estimate of drug-likeness (QED) is 0.560. The van der Waals surface area contributed by atoms with Crippen LogP contribution >= 0.6 is 0 Å². The minimum atomic E-state index is -4.91. The van der Waals surface area contributed by atoms with Crippen molar-refractivity contribution in [1.82, 2.24) is 9.78 Å². The monoisotopic (exact) mass is 238 g/mol. The van der Waals surface area contributed by atoms with Gasteiger partial charge in [0, 0.05) is 18.6 Å². The number of fused-ring (bicyclic) bond motifs is 1. The third-order valence-corrected chi connectivity index (χ3v) is 2.02. The predicted molar refractivity (Wildman–Crippen MR) is 49.4 cm³/mol. The standard InChI is InChI=1S/C8H7BF3N2.K/c1-14-5-6-4-7(9(10,11)12)2-3-8(6)13-14;/h2-5H,1H3;/q-1;+1. The van der Waals surface area contributed by atoms with Gasteiger partial charge in [0.1, 0.15) is 0 Å². The van der Waals surface area contributed by atoms with E-state index in [2.05, 4.69) is 5.10 Å². The second kappa shape index (κ2) is 4.59. The third kappa shape index (κ3) is 2.85. The van der Waals surface area contributed by atoms with Crippen molar-refractivity contribution in [2.24, 2.45) is 7.05 Å². The smallest absolute Gasteiger partial charge is 0.445 e. The molecule has 0 aliphatic heterocycles. The summed E-state index contributed by atoms with van der Waals surface area (Å²) in [6.07, 6.45) is 1.57. The van der Waals surface area contributed by atoms with Gasteiger partial charge in [0.2, 0.25) is 0 Å². The van der Waals surface area contributed by atoms with Crippen LogP contribution in [0.1, 0.15) is 0 Å². The average Bonchev–Trinajstić information content (AvgIpc) is 2.41. The van der Waals surface area contributed by atoms with Crippen LogP contribution in [-0.4, -0.2) is 16.8 Å². The molecule has 0 fully saturated rings. The van der Waals surface area contributed by atoms with E-state index in [-0.39, 0.29) is 51.4 Å². The van der Waals surface area contributed by atoms with Gasteiger partial charge in [-0.25, -0.2) is 0 Å². The van der Waals surface area contributed by atoms with Crippen LogP contribution in [0.15, 0.2) is 24.4 Å². The zero-order valence-electron chi connectivity index (χ0n) is 8.42. The molecule has 0 spiro atoms. The largest absolute Gasteiger partial charge is 1.00 e. The minimum Gasteiger partial charge on any atom is -0.445 e. The normalized spacial score (nSPS) is 11.5. The topological polar surface area (TPSA) is 17.8 Å². The SMILES string of the molecule is Cn1cc2cc([B-](F)(F)F)ccc2n1.[K+]. The molecule has 0 aliphatic carbocycles. The van der Waals surface area contributed by atoms with E-state index in [0.29, 0.717) is 10.9 Å². The zero-order valence-corrected chi connectivity index (χ0v) is 11.5. The molecule has 2 aromatic rings. The molecule has 15 heavy (non-hydrogen) atoms. The third-order valence-electron chi connectivity index (χ3n) is 2.02. The molecule has 0 N–H and O–H groups in total. The van der Waals surface area contributed by atoms with Crippen molar-refractivity contribution in [3.05, 3.63) is 24.4 Å². The van der Waals surface area contributed by atoms with Gasteiger partial charge in [0.15, 0.2) is 0 Å². The fourth-order valence-corrected chi connectivity index (χ4v) is 1.37. The molecule has 0 amide bonds. The molecule has 0 saturated carbocycles. The number of rotatable bonds is 1.